The van der Waals surface area contributed by atoms with Crippen molar-refractivity contribution in [3.05, 3.63) is 12.1 Å². The predicted molar refractivity (Wildman–Crippen MR) is 59.2 cm³/mol. The molecule has 7 heteroatoms. The van der Waals surface area contributed by atoms with E-state index in [1.807, 2.05) is 10.9 Å². The lowest BCUT2D eigenvalue weighted by molar-refractivity contribution is 0.337. The lowest BCUT2D eigenvalue weighted by Crippen LogP contribution is -2.29. The summed E-state index contributed by atoms with van der Waals surface area (Å²) in [6.07, 6.45) is 4.03. The quantitative estimate of drug-likeness (QED) is 0.817. The highest BCUT2D eigenvalue weighted by atomic mass is 16.4. The van der Waals surface area contributed by atoms with Gasteiger partial charge in [-0.05, 0) is 25.9 Å². The van der Waals surface area contributed by atoms with Crippen LogP contribution in [-0.2, 0) is 0 Å². The Hall–Kier alpha value is -1.76. The summed E-state index contributed by atoms with van der Waals surface area (Å²) in [5.74, 6) is 0.971. The van der Waals surface area contributed by atoms with Gasteiger partial charge in [-0.25, -0.2) is 4.68 Å². The summed E-state index contributed by atoms with van der Waals surface area (Å²) in [5, 5.41) is 19.2. The molecule has 2 aromatic heterocycles. The first kappa shape index (κ1) is 10.4. The molecule has 1 aliphatic rings. The van der Waals surface area contributed by atoms with Crippen molar-refractivity contribution in [3.8, 4) is 11.6 Å². The molecular formula is C10H14N6O. The van der Waals surface area contributed by atoms with Crippen molar-refractivity contribution in [2.24, 2.45) is 0 Å². The lowest BCUT2D eigenvalue weighted by atomic mass is 10.1. The Morgan fingerprint density at radius 2 is 2.12 bits per heavy atom. The zero-order valence-electron chi connectivity index (χ0n) is 9.63. The third-order valence-corrected chi connectivity index (χ3v) is 2.94. The van der Waals surface area contributed by atoms with Gasteiger partial charge in [0.25, 0.3) is 5.89 Å². The number of aryl methyl sites for hydroxylation is 1. The molecule has 0 unspecified atom stereocenters. The largest absolute Gasteiger partial charge is 0.420 e. The highest BCUT2D eigenvalue weighted by Gasteiger charge is 2.18. The molecule has 17 heavy (non-hydrogen) atoms. The first-order chi connectivity index (χ1) is 8.33. The van der Waals surface area contributed by atoms with Gasteiger partial charge in [-0.1, -0.05) is 5.21 Å². The Kier molecular flexibility index (Phi) is 2.60. The maximum Gasteiger partial charge on any atom is 0.269 e. The van der Waals surface area contributed by atoms with E-state index in [-0.39, 0.29) is 0 Å². The van der Waals surface area contributed by atoms with E-state index in [9.17, 15) is 0 Å². The third kappa shape index (κ3) is 2.05. The normalized spacial score (nSPS) is 17.5. The van der Waals surface area contributed by atoms with Gasteiger partial charge < -0.3 is 9.73 Å². The molecule has 0 spiro atoms. The van der Waals surface area contributed by atoms with E-state index in [1.54, 1.807) is 6.92 Å². The molecule has 1 fully saturated rings. The summed E-state index contributed by atoms with van der Waals surface area (Å²) >= 11 is 0. The summed E-state index contributed by atoms with van der Waals surface area (Å²) in [6.45, 7) is 3.81. The van der Waals surface area contributed by atoms with E-state index in [4.69, 9.17) is 4.42 Å². The summed E-state index contributed by atoms with van der Waals surface area (Å²) in [7, 11) is 0. The second kappa shape index (κ2) is 4.25. The van der Waals surface area contributed by atoms with Crippen LogP contribution in [-0.4, -0.2) is 38.3 Å². The molecule has 1 N–H and O–H groups in total. The van der Waals surface area contributed by atoms with Crippen LogP contribution in [0.15, 0.2) is 10.6 Å². The van der Waals surface area contributed by atoms with Crippen molar-refractivity contribution in [1.29, 1.82) is 0 Å². The predicted octanol–water partition coefficient (Wildman–Crippen LogP) is 0.561. The number of aromatic nitrogens is 5. The Labute approximate surface area is 98.2 Å². The van der Waals surface area contributed by atoms with Gasteiger partial charge >= 0.3 is 0 Å². The maximum absolute atomic E-state index is 5.32. The summed E-state index contributed by atoms with van der Waals surface area (Å²) in [6, 6.07) is 0.418. The molecule has 2 aromatic rings. The number of hydrogen-bond donors (Lipinski definition) is 1. The fourth-order valence-corrected chi connectivity index (χ4v) is 2.02. The molecule has 1 aliphatic heterocycles. The summed E-state index contributed by atoms with van der Waals surface area (Å²) in [5.41, 5.74) is 0.643. The summed E-state index contributed by atoms with van der Waals surface area (Å²) in [4.78, 5) is 0. The average Bonchev–Trinajstić information content (AvgIpc) is 2.98. The Morgan fingerprint density at radius 3 is 2.82 bits per heavy atom. The monoisotopic (exact) mass is 234 g/mol. The van der Waals surface area contributed by atoms with Crippen LogP contribution in [0, 0.1) is 6.92 Å². The second-order valence-electron chi connectivity index (χ2n) is 4.19. The molecule has 0 aliphatic carbocycles. The van der Waals surface area contributed by atoms with Crippen molar-refractivity contribution in [2.45, 2.75) is 25.8 Å². The Morgan fingerprint density at radius 1 is 1.29 bits per heavy atom. The fraction of sp³-hybridized carbons (Fsp3) is 0.600. The van der Waals surface area contributed by atoms with Gasteiger partial charge in [-0.2, -0.15) is 0 Å². The minimum atomic E-state index is 0.418. The van der Waals surface area contributed by atoms with Crippen molar-refractivity contribution < 1.29 is 4.42 Å². The van der Waals surface area contributed by atoms with Crippen LogP contribution in [0.25, 0.3) is 11.6 Å². The van der Waals surface area contributed by atoms with Crippen molar-refractivity contribution >= 4 is 0 Å². The SMILES string of the molecule is Cc1nnc(-c2cn(C3CCNCC3)nn2)o1. The van der Waals surface area contributed by atoms with Gasteiger partial charge in [0.2, 0.25) is 5.89 Å². The maximum atomic E-state index is 5.32. The highest BCUT2D eigenvalue weighted by molar-refractivity contribution is 5.42. The van der Waals surface area contributed by atoms with E-state index in [1.165, 1.54) is 0 Å². The van der Waals surface area contributed by atoms with Crippen LogP contribution in [0.2, 0.25) is 0 Å². The third-order valence-electron chi connectivity index (χ3n) is 2.94. The zero-order chi connectivity index (χ0) is 11.7. The first-order valence-corrected chi connectivity index (χ1v) is 5.76. The smallest absolute Gasteiger partial charge is 0.269 e. The van der Waals surface area contributed by atoms with Crippen LogP contribution >= 0.6 is 0 Å². The minimum Gasteiger partial charge on any atom is -0.420 e. The molecule has 3 rings (SSSR count). The van der Waals surface area contributed by atoms with E-state index >= 15 is 0 Å². The van der Waals surface area contributed by atoms with Gasteiger partial charge in [-0.3, -0.25) is 0 Å². The first-order valence-electron chi connectivity index (χ1n) is 5.76. The average molecular weight is 234 g/mol. The molecule has 90 valence electrons. The standard InChI is InChI=1S/C10H14N6O/c1-7-12-14-10(17-7)9-6-16(15-13-9)8-2-4-11-5-3-8/h6,8,11H,2-5H2,1H3. The van der Waals surface area contributed by atoms with E-state index in [2.05, 4.69) is 25.8 Å². The van der Waals surface area contributed by atoms with Crippen LogP contribution < -0.4 is 5.32 Å². The van der Waals surface area contributed by atoms with Crippen LogP contribution in [0.3, 0.4) is 0 Å². The van der Waals surface area contributed by atoms with E-state index < -0.39 is 0 Å². The zero-order valence-corrected chi connectivity index (χ0v) is 9.63. The van der Waals surface area contributed by atoms with Gasteiger partial charge in [0.15, 0.2) is 5.69 Å². The van der Waals surface area contributed by atoms with Gasteiger partial charge in [0.1, 0.15) is 0 Å². The molecule has 1 saturated heterocycles. The van der Waals surface area contributed by atoms with Crippen molar-refractivity contribution in [3.63, 3.8) is 0 Å². The minimum absolute atomic E-state index is 0.418. The molecule has 7 nitrogen and oxygen atoms in total. The summed E-state index contributed by atoms with van der Waals surface area (Å²) < 4.78 is 7.22. The van der Waals surface area contributed by atoms with Crippen molar-refractivity contribution in [1.82, 2.24) is 30.5 Å². The van der Waals surface area contributed by atoms with Crippen molar-refractivity contribution in [2.75, 3.05) is 13.1 Å². The number of nitrogens with zero attached hydrogens (tertiary/aromatic N) is 5. The number of nitrogens with one attached hydrogen (secondary N) is 1. The highest BCUT2D eigenvalue weighted by Crippen LogP contribution is 2.20. The molecular weight excluding hydrogens is 220 g/mol. The molecule has 0 amide bonds. The van der Waals surface area contributed by atoms with E-state index in [0.717, 1.165) is 25.9 Å². The van der Waals surface area contributed by atoms with E-state index in [0.29, 0.717) is 23.5 Å². The van der Waals surface area contributed by atoms with Crippen LogP contribution in [0.4, 0.5) is 0 Å². The number of piperidine rings is 1. The molecule has 0 atom stereocenters. The van der Waals surface area contributed by atoms with Gasteiger partial charge in [0, 0.05) is 6.92 Å². The topological polar surface area (TPSA) is 81.7 Å². The van der Waals surface area contributed by atoms with Crippen LogP contribution in [0.5, 0.6) is 0 Å². The molecule has 0 saturated carbocycles. The Bertz CT molecular complexity index is 498. The number of rotatable bonds is 2. The van der Waals surface area contributed by atoms with Crippen LogP contribution in [0.1, 0.15) is 24.8 Å². The molecule has 3 heterocycles. The molecule has 0 aromatic carbocycles. The fourth-order valence-electron chi connectivity index (χ4n) is 2.02. The number of hydrogen-bond acceptors (Lipinski definition) is 6. The van der Waals surface area contributed by atoms with Gasteiger partial charge in [0.05, 0.1) is 12.2 Å². The second-order valence-corrected chi connectivity index (χ2v) is 4.19. The Balaban J connectivity index is 1.82. The molecule has 0 radical (unpaired) electrons. The van der Waals surface area contributed by atoms with Gasteiger partial charge in [-0.15, -0.1) is 15.3 Å². The molecule has 0 bridgehead atoms. The lowest BCUT2D eigenvalue weighted by Gasteiger charge is -2.21.